The summed E-state index contributed by atoms with van der Waals surface area (Å²) in [7, 11) is 0. The van der Waals surface area contributed by atoms with Crippen LogP contribution in [0.3, 0.4) is 0 Å². The van der Waals surface area contributed by atoms with Crippen LogP contribution in [0.4, 0.5) is 0 Å². The molecule has 2 aromatic rings. The number of nitrogens with two attached hydrogens (primary N) is 1. The summed E-state index contributed by atoms with van der Waals surface area (Å²) in [6.07, 6.45) is 4.40. The third-order valence-corrected chi connectivity index (χ3v) is 4.40. The van der Waals surface area contributed by atoms with Crippen molar-refractivity contribution >= 4 is 54.5 Å². The van der Waals surface area contributed by atoms with Gasteiger partial charge in [-0.2, -0.15) is 0 Å². The van der Waals surface area contributed by atoms with Crippen molar-refractivity contribution in [3.63, 3.8) is 0 Å². The van der Waals surface area contributed by atoms with Gasteiger partial charge in [0.1, 0.15) is 0 Å². The fourth-order valence-corrected chi connectivity index (χ4v) is 3.20. The smallest absolute Gasteiger partial charge is 0.0410 e. The largest absolute Gasteiger partial charge is 0.324 e. The monoisotopic (exact) mass is 480 g/mol. The number of nitrogens with zero attached hydrogens (tertiary/aromatic N) is 1. The van der Waals surface area contributed by atoms with Gasteiger partial charge in [-0.1, -0.05) is 15.9 Å². The molecule has 1 aromatic carbocycles. The number of aromatic nitrogens is 1. The molecule has 18 heavy (non-hydrogen) atoms. The van der Waals surface area contributed by atoms with E-state index >= 15 is 0 Å². The Kier molecular flexibility index (Phi) is 5.17. The van der Waals surface area contributed by atoms with Gasteiger partial charge in [0.2, 0.25) is 0 Å². The van der Waals surface area contributed by atoms with Gasteiger partial charge in [-0.25, -0.2) is 0 Å². The summed E-state index contributed by atoms with van der Waals surface area (Å²) in [5.41, 5.74) is 8.52. The molecule has 1 atom stereocenters. The molecule has 5 heteroatoms. The Labute approximate surface area is 137 Å². The lowest BCUT2D eigenvalue weighted by Crippen LogP contribution is -2.14. The van der Waals surface area contributed by atoms with Crippen LogP contribution in [0.15, 0.2) is 45.6 Å². The summed E-state index contributed by atoms with van der Waals surface area (Å²) in [6, 6.07) is 8.22. The van der Waals surface area contributed by atoms with E-state index in [1.807, 2.05) is 12.3 Å². The zero-order valence-electron chi connectivity index (χ0n) is 9.41. The Bertz CT molecular complexity index is 560. The predicted molar refractivity (Wildman–Crippen MR) is 89.4 cm³/mol. The van der Waals surface area contributed by atoms with Crippen LogP contribution in [-0.4, -0.2) is 4.98 Å². The zero-order chi connectivity index (χ0) is 13.1. The molecule has 2 nitrogen and oxygen atoms in total. The third-order valence-electron chi connectivity index (χ3n) is 2.57. The zero-order valence-corrected chi connectivity index (χ0v) is 14.7. The van der Waals surface area contributed by atoms with Gasteiger partial charge in [0.15, 0.2) is 0 Å². The summed E-state index contributed by atoms with van der Waals surface area (Å²) in [5, 5.41) is 0. The first kappa shape index (κ1) is 14.4. The summed E-state index contributed by atoms with van der Waals surface area (Å²) in [5.74, 6) is 0. The first-order valence-electron chi connectivity index (χ1n) is 5.36. The van der Waals surface area contributed by atoms with Crippen LogP contribution >= 0.6 is 54.5 Å². The van der Waals surface area contributed by atoms with Crippen molar-refractivity contribution in [1.29, 1.82) is 0 Å². The molecule has 0 radical (unpaired) electrons. The predicted octanol–water partition coefficient (Wildman–Crippen LogP) is 4.45. The quantitative estimate of drug-likeness (QED) is 0.658. The van der Waals surface area contributed by atoms with Gasteiger partial charge in [0, 0.05) is 31.0 Å². The average molecular weight is 482 g/mol. The van der Waals surface area contributed by atoms with E-state index in [2.05, 4.69) is 77.6 Å². The Morgan fingerprint density at radius 2 is 2.00 bits per heavy atom. The number of hydrogen-bond donors (Lipinski definition) is 1. The minimum absolute atomic E-state index is 0.0369. The number of hydrogen-bond acceptors (Lipinski definition) is 2. The number of pyridine rings is 1. The summed E-state index contributed by atoms with van der Waals surface area (Å²) in [6.45, 7) is 0. The Balaban J connectivity index is 2.21. The first-order chi connectivity index (χ1) is 8.56. The highest BCUT2D eigenvalue weighted by Gasteiger charge is 2.11. The normalized spacial score (nSPS) is 12.4. The molecule has 2 N–H and O–H groups in total. The van der Waals surface area contributed by atoms with Crippen molar-refractivity contribution in [3.8, 4) is 0 Å². The molecule has 0 fully saturated rings. The fourth-order valence-electron chi connectivity index (χ4n) is 1.73. The molecule has 0 bridgehead atoms. The van der Waals surface area contributed by atoms with Crippen molar-refractivity contribution in [1.82, 2.24) is 4.98 Å². The third kappa shape index (κ3) is 3.76. The summed E-state index contributed by atoms with van der Waals surface area (Å²) in [4.78, 5) is 4.16. The van der Waals surface area contributed by atoms with Gasteiger partial charge in [-0.3, -0.25) is 4.98 Å². The molecule has 0 saturated heterocycles. The van der Waals surface area contributed by atoms with Crippen LogP contribution in [-0.2, 0) is 6.42 Å². The molecular weight excluding hydrogens is 471 g/mol. The van der Waals surface area contributed by atoms with Crippen molar-refractivity contribution in [2.24, 2.45) is 5.73 Å². The Hall–Kier alpha value is 0.0200. The van der Waals surface area contributed by atoms with Crippen LogP contribution in [0.25, 0.3) is 0 Å². The lowest BCUT2D eigenvalue weighted by atomic mass is 10.0. The maximum Gasteiger partial charge on any atom is 0.0410 e. The highest BCUT2D eigenvalue weighted by Crippen LogP contribution is 2.26. The second kappa shape index (κ2) is 6.45. The fraction of sp³-hybridized carbons (Fsp3) is 0.154. The van der Waals surface area contributed by atoms with Gasteiger partial charge in [-0.05, 0) is 80.3 Å². The SMILES string of the molecule is NC(Cc1cncc(Br)c1)c1cc(I)ccc1Br. The molecule has 1 unspecified atom stereocenters. The van der Waals surface area contributed by atoms with Crippen LogP contribution < -0.4 is 5.73 Å². The lowest BCUT2D eigenvalue weighted by Gasteiger charge is -2.14. The number of benzene rings is 1. The molecule has 0 aliphatic heterocycles. The van der Waals surface area contributed by atoms with E-state index in [-0.39, 0.29) is 6.04 Å². The van der Waals surface area contributed by atoms with Crippen molar-refractivity contribution in [2.45, 2.75) is 12.5 Å². The van der Waals surface area contributed by atoms with Gasteiger partial charge >= 0.3 is 0 Å². The highest BCUT2D eigenvalue weighted by atomic mass is 127. The van der Waals surface area contributed by atoms with Crippen molar-refractivity contribution in [2.75, 3.05) is 0 Å². The molecule has 1 heterocycles. The van der Waals surface area contributed by atoms with Crippen molar-refractivity contribution < 1.29 is 0 Å². The summed E-state index contributed by atoms with van der Waals surface area (Å²) >= 11 is 9.27. The maximum absolute atomic E-state index is 6.27. The second-order valence-corrected chi connectivity index (χ2v) is 7.00. The standard InChI is InChI=1S/C13H11Br2IN2/c14-9-3-8(6-18-7-9)4-13(17)11-5-10(16)1-2-12(11)15/h1-3,5-7,13H,4,17H2. The average Bonchev–Trinajstić information content (AvgIpc) is 2.32. The highest BCUT2D eigenvalue weighted by molar-refractivity contribution is 14.1. The van der Waals surface area contributed by atoms with Gasteiger partial charge in [0.25, 0.3) is 0 Å². The Morgan fingerprint density at radius 3 is 2.72 bits per heavy atom. The molecule has 0 aliphatic rings. The van der Waals surface area contributed by atoms with Crippen molar-refractivity contribution in [3.05, 3.63) is 60.3 Å². The van der Waals surface area contributed by atoms with E-state index in [1.54, 1.807) is 6.20 Å². The molecular formula is C13H11Br2IN2. The number of halogens is 3. The molecule has 2 rings (SSSR count). The van der Waals surface area contributed by atoms with Gasteiger partial charge < -0.3 is 5.73 Å². The van der Waals surface area contributed by atoms with E-state index in [0.717, 1.165) is 26.5 Å². The van der Waals surface area contributed by atoms with E-state index in [0.29, 0.717) is 0 Å². The topological polar surface area (TPSA) is 38.9 Å². The molecule has 0 amide bonds. The first-order valence-corrected chi connectivity index (χ1v) is 8.02. The van der Waals surface area contributed by atoms with Crippen LogP contribution in [0.1, 0.15) is 17.2 Å². The lowest BCUT2D eigenvalue weighted by molar-refractivity contribution is 0.715. The molecule has 0 spiro atoms. The molecule has 0 aliphatic carbocycles. The van der Waals surface area contributed by atoms with E-state index in [9.17, 15) is 0 Å². The van der Waals surface area contributed by atoms with Crippen LogP contribution in [0, 0.1) is 3.57 Å². The molecule has 94 valence electrons. The molecule has 1 aromatic heterocycles. The van der Waals surface area contributed by atoms with E-state index in [4.69, 9.17) is 5.73 Å². The van der Waals surface area contributed by atoms with Gasteiger partial charge in [-0.15, -0.1) is 0 Å². The maximum atomic E-state index is 6.27. The van der Waals surface area contributed by atoms with E-state index in [1.165, 1.54) is 3.57 Å². The van der Waals surface area contributed by atoms with E-state index < -0.39 is 0 Å². The Morgan fingerprint density at radius 1 is 1.22 bits per heavy atom. The summed E-state index contributed by atoms with van der Waals surface area (Å²) < 4.78 is 3.22. The number of rotatable bonds is 3. The van der Waals surface area contributed by atoms with Crippen LogP contribution in [0.2, 0.25) is 0 Å². The van der Waals surface area contributed by atoms with Gasteiger partial charge in [0.05, 0.1) is 0 Å². The molecule has 0 saturated carbocycles. The minimum Gasteiger partial charge on any atom is -0.324 e. The second-order valence-electron chi connectivity index (χ2n) is 3.99. The minimum atomic E-state index is -0.0369. The van der Waals surface area contributed by atoms with Crippen LogP contribution in [0.5, 0.6) is 0 Å².